The molecular formula is C56H34. The summed E-state index contributed by atoms with van der Waals surface area (Å²) in [4.78, 5) is 0. The summed E-state index contributed by atoms with van der Waals surface area (Å²) in [7, 11) is 0. The second kappa shape index (κ2) is 12.1. The lowest BCUT2D eigenvalue weighted by molar-refractivity contribution is 1.64. The zero-order valence-electron chi connectivity index (χ0n) is 30.6. The summed E-state index contributed by atoms with van der Waals surface area (Å²) in [6.07, 6.45) is 0. The highest BCUT2D eigenvalue weighted by Gasteiger charge is 2.24. The van der Waals surface area contributed by atoms with Gasteiger partial charge < -0.3 is 0 Å². The van der Waals surface area contributed by atoms with Crippen LogP contribution in [0.2, 0.25) is 0 Å². The summed E-state index contributed by atoms with van der Waals surface area (Å²) in [5, 5.41) is 20.2. The Morgan fingerprint density at radius 2 is 0.500 bits per heavy atom. The summed E-state index contributed by atoms with van der Waals surface area (Å²) >= 11 is 0. The molecule has 0 spiro atoms. The van der Waals surface area contributed by atoms with Crippen molar-refractivity contribution in [2.45, 2.75) is 0 Å². The summed E-state index contributed by atoms with van der Waals surface area (Å²) in [5.41, 5.74) is 7.49. The minimum atomic E-state index is 1.24. The van der Waals surface area contributed by atoms with Crippen molar-refractivity contribution in [3.63, 3.8) is 0 Å². The smallest absolute Gasteiger partial charge is 0.00137 e. The van der Waals surface area contributed by atoms with Gasteiger partial charge >= 0.3 is 0 Å². The first-order valence-corrected chi connectivity index (χ1v) is 19.5. The van der Waals surface area contributed by atoms with Gasteiger partial charge in [-0.25, -0.2) is 0 Å². The fraction of sp³-hybridized carbons (Fsp3) is 0. The maximum Gasteiger partial charge on any atom is -0.00137 e. The fourth-order valence-corrected chi connectivity index (χ4v) is 9.72. The lowest BCUT2D eigenvalue weighted by Crippen LogP contribution is -1.96. The van der Waals surface area contributed by atoms with Crippen LogP contribution in [0.3, 0.4) is 0 Å². The molecule has 0 bridgehead atoms. The van der Waals surface area contributed by atoms with Crippen molar-refractivity contribution in [1.82, 2.24) is 0 Å². The second-order valence-electron chi connectivity index (χ2n) is 15.1. The Labute approximate surface area is 324 Å². The molecule has 258 valence electrons. The molecule has 12 aromatic carbocycles. The van der Waals surface area contributed by atoms with E-state index in [0.29, 0.717) is 0 Å². The maximum absolute atomic E-state index is 2.50. The monoisotopic (exact) mass is 706 g/mol. The van der Waals surface area contributed by atoms with Crippen molar-refractivity contribution in [3.8, 4) is 33.4 Å². The summed E-state index contributed by atoms with van der Waals surface area (Å²) in [6.45, 7) is 0. The largest absolute Gasteiger partial charge is 0.0616 e. The lowest BCUT2D eigenvalue weighted by atomic mass is 9.79. The molecule has 0 atom stereocenters. The van der Waals surface area contributed by atoms with Crippen molar-refractivity contribution < 1.29 is 0 Å². The molecule has 0 aliphatic rings. The quantitative estimate of drug-likeness (QED) is 0.160. The third kappa shape index (κ3) is 4.54. The van der Waals surface area contributed by atoms with Gasteiger partial charge in [-0.1, -0.05) is 200 Å². The van der Waals surface area contributed by atoms with E-state index in [0.717, 1.165) is 0 Å². The zero-order valence-corrected chi connectivity index (χ0v) is 30.6. The normalized spacial score (nSPS) is 11.9. The molecular weight excluding hydrogens is 673 g/mol. The first kappa shape index (κ1) is 31.1. The second-order valence-corrected chi connectivity index (χ2v) is 15.1. The Bertz CT molecular complexity index is 3590. The number of hydrogen-bond acceptors (Lipinski definition) is 0. The fourth-order valence-electron chi connectivity index (χ4n) is 9.72. The average molecular weight is 707 g/mol. The van der Waals surface area contributed by atoms with Gasteiger partial charge in [0.25, 0.3) is 0 Å². The number of fused-ring (bicyclic) bond motifs is 12. The molecule has 0 aromatic heterocycles. The van der Waals surface area contributed by atoms with Crippen molar-refractivity contribution in [2.75, 3.05) is 0 Å². The third-order valence-electron chi connectivity index (χ3n) is 12.2. The highest BCUT2D eigenvalue weighted by Crippen LogP contribution is 2.51. The molecule has 0 nitrogen and oxygen atoms in total. The van der Waals surface area contributed by atoms with E-state index in [1.165, 1.54) is 120 Å². The molecule has 0 fully saturated rings. The van der Waals surface area contributed by atoms with Gasteiger partial charge in [-0.2, -0.15) is 0 Å². The molecule has 56 heavy (non-hydrogen) atoms. The third-order valence-corrected chi connectivity index (χ3v) is 12.2. The Morgan fingerprint density at radius 1 is 0.161 bits per heavy atom. The molecule has 12 rings (SSSR count). The Hall–Kier alpha value is -7.28. The molecule has 0 aliphatic heterocycles. The molecule has 0 radical (unpaired) electrons. The van der Waals surface area contributed by atoms with Crippen LogP contribution >= 0.6 is 0 Å². The van der Waals surface area contributed by atoms with Crippen LogP contribution in [0.15, 0.2) is 206 Å². The number of benzene rings is 12. The van der Waals surface area contributed by atoms with Crippen LogP contribution in [-0.2, 0) is 0 Å². The van der Waals surface area contributed by atoms with Crippen LogP contribution in [0.5, 0.6) is 0 Å². The Morgan fingerprint density at radius 3 is 0.964 bits per heavy atom. The van der Waals surface area contributed by atoms with E-state index in [4.69, 9.17) is 0 Å². The van der Waals surface area contributed by atoms with Gasteiger partial charge in [-0.05, 0) is 126 Å². The number of rotatable bonds is 3. The van der Waals surface area contributed by atoms with Crippen molar-refractivity contribution in [3.05, 3.63) is 206 Å². The predicted octanol–water partition coefficient (Wildman–Crippen LogP) is 15.9. The average Bonchev–Trinajstić information content (AvgIpc) is 3.27. The number of hydrogen-bond donors (Lipinski definition) is 0. The molecule has 0 heteroatoms. The van der Waals surface area contributed by atoms with Crippen LogP contribution in [0, 0.1) is 0 Å². The maximum atomic E-state index is 2.50. The lowest BCUT2D eigenvalue weighted by Gasteiger charge is -2.23. The minimum absolute atomic E-state index is 1.24. The highest BCUT2D eigenvalue weighted by atomic mass is 14.3. The predicted molar refractivity (Wildman–Crippen MR) is 243 cm³/mol. The molecule has 0 aliphatic carbocycles. The van der Waals surface area contributed by atoms with Crippen molar-refractivity contribution >= 4 is 86.2 Å². The Balaban J connectivity index is 1.33. The Kier molecular flexibility index (Phi) is 6.73. The van der Waals surface area contributed by atoms with Crippen molar-refractivity contribution in [2.24, 2.45) is 0 Å². The van der Waals surface area contributed by atoms with Gasteiger partial charge in [-0.15, -0.1) is 0 Å². The van der Waals surface area contributed by atoms with E-state index in [-0.39, 0.29) is 0 Å². The summed E-state index contributed by atoms with van der Waals surface area (Å²) < 4.78 is 0. The van der Waals surface area contributed by atoms with Crippen LogP contribution in [0.1, 0.15) is 0 Å². The summed E-state index contributed by atoms with van der Waals surface area (Å²) in [5.74, 6) is 0. The first-order valence-electron chi connectivity index (χ1n) is 19.5. The van der Waals surface area contributed by atoms with Crippen LogP contribution in [-0.4, -0.2) is 0 Å². The van der Waals surface area contributed by atoms with E-state index in [1.54, 1.807) is 0 Å². The molecule has 12 aromatic rings. The van der Waals surface area contributed by atoms with E-state index >= 15 is 0 Å². The molecule has 0 heterocycles. The molecule has 0 N–H and O–H groups in total. The van der Waals surface area contributed by atoms with Gasteiger partial charge in [0.1, 0.15) is 0 Å². The van der Waals surface area contributed by atoms with Gasteiger partial charge in [0.15, 0.2) is 0 Å². The molecule has 0 unspecified atom stereocenters. The summed E-state index contributed by atoms with van der Waals surface area (Å²) in [6, 6.07) is 77.0. The molecule has 0 amide bonds. The molecule has 0 saturated carbocycles. The minimum Gasteiger partial charge on any atom is -0.0616 e. The standard InChI is InChI=1S/C56H34/c1-5-16-39-35(12-1)26-30-47-43(39)20-9-23-46(47)54-34-53-42-19-8-4-15-38(42)29-33-52(53)55(50-24-10-21-44-40-17-6-2-13-36(40)27-31-48(44)50)56(54)51-25-11-22-45-41-18-7-3-14-37(41)28-32-49(45)51/h1-34H. The topological polar surface area (TPSA) is 0 Å². The zero-order chi connectivity index (χ0) is 36.7. The van der Waals surface area contributed by atoms with E-state index < -0.39 is 0 Å². The van der Waals surface area contributed by atoms with E-state index in [2.05, 4.69) is 206 Å². The van der Waals surface area contributed by atoms with Crippen LogP contribution in [0.25, 0.3) is 120 Å². The van der Waals surface area contributed by atoms with Crippen LogP contribution in [0.4, 0.5) is 0 Å². The van der Waals surface area contributed by atoms with E-state index in [9.17, 15) is 0 Å². The highest BCUT2D eigenvalue weighted by molar-refractivity contribution is 6.26. The first-order chi connectivity index (χ1) is 27.8. The van der Waals surface area contributed by atoms with Gasteiger partial charge in [0.2, 0.25) is 0 Å². The van der Waals surface area contributed by atoms with Crippen molar-refractivity contribution in [1.29, 1.82) is 0 Å². The SMILES string of the molecule is c1ccc2c(c1)ccc1c(-c3cc4c(ccc5ccccc54)c(-c4cccc5c4ccc4ccccc45)c3-c3cccc4c3ccc3ccccc34)cccc12. The van der Waals surface area contributed by atoms with Gasteiger partial charge in [0, 0.05) is 0 Å². The van der Waals surface area contributed by atoms with Crippen LogP contribution < -0.4 is 0 Å². The van der Waals surface area contributed by atoms with Gasteiger partial charge in [-0.3, -0.25) is 0 Å². The molecule has 0 saturated heterocycles. The van der Waals surface area contributed by atoms with E-state index in [1.807, 2.05) is 0 Å². The van der Waals surface area contributed by atoms with Gasteiger partial charge in [0.05, 0.1) is 0 Å².